The average Bonchev–Trinajstić information content (AvgIpc) is 3.30. The zero-order valence-corrected chi connectivity index (χ0v) is 31.3. The molecule has 0 amide bonds. The largest absolute Gasteiger partial charge is 0.311 e. The predicted molar refractivity (Wildman–Crippen MR) is 242 cm³/mol. The maximum atomic E-state index is 2.52. The molecule has 2 aliphatic rings. The Kier molecular flexibility index (Phi) is 7.96. The molecular weight excluding hydrogens is 687 g/mol. The minimum Gasteiger partial charge on any atom is -0.311 e. The molecule has 57 heavy (non-hydrogen) atoms. The van der Waals surface area contributed by atoms with Crippen molar-refractivity contribution in [2.45, 2.75) is 0 Å². The number of hydrogen-bond acceptors (Lipinski definition) is 2. The van der Waals surface area contributed by atoms with Gasteiger partial charge >= 0.3 is 0 Å². The van der Waals surface area contributed by atoms with Gasteiger partial charge in [-0.1, -0.05) is 182 Å². The summed E-state index contributed by atoms with van der Waals surface area (Å²) < 4.78 is 0. The first-order valence-electron chi connectivity index (χ1n) is 19.7. The summed E-state index contributed by atoms with van der Waals surface area (Å²) in [6.45, 7) is 0.00178. The van der Waals surface area contributed by atoms with Crippen LogP contribution in [0, 0.1) is 0 Å². The highest BCUT2D eigenvalue weighted by atomic mass is 15.2. The van der Waals surface area contributed by atoms with Crippen LogP contribution < -0.4 is 26.2 Å². The lowest BCUT2D eigenvalue weighted by molar-refractivity contribution is 1.25. The van der Waals surface area contributed by atoms with E-state index in [1.54, 1.807) is 0 Å². The van der Waals surface area contributed by atoms with Crippen LogP contribution in [-0.4, -0.2) is 6.71 Å². The van der Waals surface area contributed by atoms with Gasteiger partial charge in [0.25, 0.3) is 6.71 Å². The first-order valence-corrected chi connectivity index (χ1v) is 19.7. The molecule has 0 atom stereocenters. The summed E-state index contributed by atoms with van der Waals surface area (Å²) in [5.74, 6) is 0. The fourth-order valence-electron chi connectivity index (χ4n) is 9.08. The maximum Gasteiger partial charge on any atom is 0.252 e. The van der Waals surface area contributed by atoms with E-state index in [2.05, 4.69) is 234 Å². The van der Waals surface area contributed by atoms with Crippen LogP contribution in [0.1, 0.15) is 0 Å². The molecule has 0 spiro atoms. The number of hydrogen-bond donors (Lipinski definition) is 0. The van der Waals surface area contributed by atoms with Crippen LogP contribution in [-0.2, 0) is 0 Å². The maximum absolute atomic E-state index is 2.52. The van der Waals surface area contributed by atoms with E-state index in [0.29, 0.717) is 0 Å². The Bertz CT molecular complexity index is 2890. The fraction of sp³-hybridized carbons (Fsp3) is 0. The minimum atomic E-state index is 0.00178. The Labute approximate surface area is 334 Å². The van der Waals surface area contributed by atoms with Crippen LogP contribution in [0.15, 0.2) is 224 Å². The summed E-state index contributed by atoms with van der Waals surface area (Å²) in [6.07, 6.45) is 0. The molecule has 0 aromatic heterocycles. The van der Waals surface area contributed by atoms with Crippen LogP contribution in [0.3, 0.4) is 0 Å². The molecule has 0 saturated heterocycles. The predicted octanol–water partition coefficient (Wildman–Crippen LogP) is 12.4. The SMILES string of the molecule is c1ccc(-c2ccc(N3c4cccc5c4B(c4cc(-c6ccccc6)ccc4N5c4cccc(-c5ccccc5)c4)c4cccc(-c5ccccc5)c43)cc2)cc1. The quantitative estimate of drug-likeness (QED) is 0.158. The molecule has 3 heteroatoms. The number of fused-ring (bicyclic) bond motifs is 4. The number of nitrogens with zero attached hydrogens (tertiary/aromatic N) is 2. The van der Waals surface area contributed by atoms with Gasteiger partial charge in [0.05, 0.1) is 0 Å². The van der Waals surface area contributed by atoms with E-state index in [9.17, 15) is 0 Å². The van der Waals surface area contributed by atoms with E-state index in [-0.39, 0.29) is 6.71 Å². The highest BCUT2D eigenvalue weighted by molar-refractivity contribution is 7.00. The second-order valence-corrected chi connectivity index (χ2v) is 14.9. The average molecular weight is 725 g/mol. The van der Waals surface area contributed by atoms with Crippen LogP contribution in [0.4, 0.5) is 34.1 Å². The smallest absolute Gasteiger partial charge is 0.252 e. The molecule has 2 nitrogen and oxygen atoms in total. The first-order chi connectivity index (χ1) is 28.3. The Hall–Kier alpha value is -7.36. The van der Waals surface area contributed by atoms with Crippen molar-refractivity contribution in [3.8, 4) is 44.5 Å². The first kappa shape index (κ1) is 33.0. The van der Waals surface area contributed by atoms with Gasteiger partial charge < -0.3 is 9.80 Å². The normalized spacial score (nSPS) is 12.5. The van der Waals surface area contributed by atoms with Crippen molar-refractivity contribution in [2.24, 2.45) is 0 Å². The Balaban J connectivity index is 1.19. The molecule has 9 aromatic carbocycles. The van der Waals surface area contributed by atoms with E-state index >= 15 is 0 Å². The Morgan fingerprint density at radius 2 is 0.772 bits per heavy atom. The summed E-state index contributed by atoms with van der Waals surface area (Å²) in [6, 6.07) is 82.0. The molecule has 2 heterocycles. The molecule has 0 aliphatic carbocycles. The minimum absolute atomic E-state index is 0.00178. The molecule has 266 valence electrons. The van der Waals surface area contributed by atoms with E-state index < -0.39 is 0 Å². The molecule has 2 aliphatic heterocycles. The zero-order chi connectivity index (χ0) is 37.7. The zero-order valence-electron chi connectivity index (χ0n) is 31.3. The second-order valence-electron chi connectivity index (χ2n) is 14.9. The lowest BCUT2D eigenvalue weighted by Gasteiger charge is -2.45. The van der Waals surface area contributed by atoms with E-state index in [1.807, 2.05) is 0 Å². The van der Waals surface area contributed by atoms with Crippen molar-refractivity contribution in [3.63, 3.8) is 0 Å². The van der Waals surface area contributed by atoms with Crippen molar-refractivity contribution < 1.29 is 0 Å². The molecule has 0 N–H and O–H groups in total. The Morgan fingerprint density at radius 3 is 1.42 bits per heavy atom. The number of anilines is 6. The van der Waals surface area contributed by atoms with Crippen molar-refractivity contribution in [1.82, 2.24) is 0 Å². The standard InChI is InChI=1S/C54H37BN2/c1-5-16-38(17-6-1)41-30-33-45(34-31-41)57-52-29-15-28-51-53(52)55(48-27-14-26-47(54(48)57)42-22-11-4-12-23-42)49-37-44(40-20-9-3-10-21-40)32-35-50(49)56(51)46-25-13-24-43(36-46)39-18-7-2-8-19-39/h1-37H. The summed E-state index contributed by atoms with van der Waals surface area (Å²) in [5, 5.41) is 0. The fourth-order valence-corrected chi connectivity index (χ4v) is 9.08. The lowest BCUT2D eigenvalue weighted by atomic mass is 9.33. The van der Waals surface area contributed by atoms with E-state index in [0.717, 1.165) is 11.4 Å². The molecular formula is C54H37BN2. The lowest BCUT2D eigenvalue weighted by Crippen LogP contribution is -2.61. The van der Waals surface area contributed by atoms with Gasteiger partial charge in [-0.25, -0.2) is 0 Å². The molecule has 0 saturated carbocycles. The summed E-state index contributed by atoms with van der Waals surface area (Å²) in [5.41, 5.74) is 20.7. The third-order valence-electron chi connectivity index (χ3n) is 11.6. The summed E-state index contributed by atoms with van der Waals surface area (Å²) >= 11 is 0. The summed E-state index contributed by atoms with van der Waals surface area (Å²) in [7, 11) is 0. The molecule has 11 rings (SSSR count). The van der Waals surface area contributed by atoms with E-state index in [4.69, 9.17) is 0 Å². The van der Waals surface area contributed by atoms with E-state index in [1.165, 1.54) is 83.6 Å². The van der Waals surface area contributed by atoms with Gasteiger partial charge in [-0.3, -0.25) is 0 Å². The van der Waals surface area contributed by atoms with Crippen LogP contribution in [0.5, 0.6) is 0 Å². The van der Waals surface area contributed by atoms with Crippen molar-refractivity contribution in [2.75, 3.05) is 9.80 Å². The van der Waals surface area contributed by atoms with Gasteiger partial charge in [0.15, 0.2) is 0 Å². The number of benzene rings is 9. The van der Waals surface area contributed by atoms with Gasteiger partial charge in [0.2, 0.25) is 0 Å². The number of rotatable bonds is 6. The van der Waals surface area contributed by atoms with Gasteiger partial charge in [-0.05, 0) is 97.8 Å². The van der Waals surface area contributed by atoms with Gasteiger partial charge in [0, 0.05) is 39.7 Å². The molecule has 9 aromatic rings. The van der Waals surface area contributed by atoms with Crippen LogP contribution in [0.2, 0.25) is 0 Å². The van der Waals surface area contributed by atoms with Gasteiger partial charge in [-0.2, -0.15) is 0 Å². The highest BCUT2D eigenvalue weighted by Gasteiger charge is 2.44. The van der Waals surface area contributed by atoms with Crippen molar-refractivity contribution >= 4 is 57.2 Å². The third-order valence-corrected chi connectivity index (χ3v) is 11.6. The topological polar surface area (TPSA) is 6.48 Å². The number of para-hydroxylation sites is 1. The Morgan fingerprint density at radius 1 is 0.281 bits per heavy atom. The molecule has 0 radical (unpaired) electrons. The molecule has 0 bridgehead atoms. The third kappa shape index (κ3) is 5.59. The van der Waals surface area contributed by atoms with Crippen molar-refractivity contribution in [3.05, 3.63) is 224 Å². The second kappa shape index (κ2) is 13.7. The highest BCUT2D eigenvalue weighted by Crippen LogP contribution is 2.47. The molecule has 0 fully saturated rings. The summed E-state index contributed by atoms with van der Waals surface area (Å²) in [4.78, 5) is 5.01. The van der Waals surface area contributed by atoms with Crippen molar-refractivity contribution in [1.29, 1.82) is 0 Å². The van der Waals surface area contributed by atoms with Crippen LogP contribution in [0.25, 0.3) is 44.5 Å². The van der Waals surface area contributed by atoms with Gasteiger partial charge in [0.1, 0.15) is 0 Å². The van der Waals surface area contributed by atoms with Crippen LogP contribution >= 0.6 is 0 Å². The van der Waals surface area contributed by atoms with Gasteiger partial charge in [-0.15, -0.1) is 0 Å². The molecule has 0 unspecified atom stereocenters. The monoisotopic (exact) mass is 724 g/mol.